The SMILES string of the molecule is CCCC(=O)Nc1cc(/C=C(/C)N)nnc1OC. The zero-order valence-corrected chi connectivity index (χ0v) is 10.9. The smallest absolute Gasteiger partial charge is 0.257 e. The number of carbonyl (C=O) groups excluding carboxylic acids is 1. The summed E-state index contributed by atoms with van der Waals surface area (Å²) >= 11 is 0. The fourth-order valence-corrected chi connectivity index (χ4v) is 1.38. The van der Waals surface area contributed by atoms with Gasteiger partial charge >= 0.3 is 0 Å². The van der Waals surface area contributed by atoms with Crippen molar-refractivity contribution in [2.45, 2.75) is 26.7 Å². The Bertz CT molecular complexity index is 453. The van der Waals surface area contributed by atoms with E-state index in [4.69, 9.17) is 10.5 Å². The van der Waals surface area contributed by atoms with Crippen LogP contribution in [-0.4, -0.2) is 23.2 Å². The molecule has 0 bridgehead atoms. The Morgan fingerprint density at radius 3 is 2.83 bits per heavy atom. The number of rotatable bonds is 5. The molecule has 0 atom stereocenters. The molecule has 0 radical (unpaired) electrons. The molecule has 0 fully saturated rings. The van der Waals surface area contributed by atoms with Gasteiger partial charge in [0.05, 0.1) is 12.8 Å². The van der Waals surface area contributed by atoms with Gasteiger partial charge < -0.3 is 15.8 Å². The molecule has 0 unspecified atom stereocenters. The topological polar surface area (TPSA) is 90.1 Å². The maximum Gasteiger partial charge on any atom is 0.257 e. The van der Waals surface area contributed by atoms with Gasteiger partial charge in [-0.25, -0.2) is 0 Å². The summed E-state index contributed by atoms with van der Waals surface area (Å²) in [4.78, 5) is 11.6. The summed E-state index contributed by atoms with van der Waals surface area (Å²) in [5.41, 5.74) is 7.25. The minimum atomic E-state index is -0.0804. The maximum absolute atomic E-state index is 11.6. The first-order valence-corrected chi connectivity index (χ1v) is 5.72. The lowest BCUT2D eigenvalue weighted by Crippen LogP contribution is -2.12. The van der Waals surface area contributed by atoms with Crippen LogP contribution in [0.2, 0.25) is 0 Å². The Labute approximate surface area is 106 Å². The lowest BCUT2D eigenvalue weighted by atomic mass is 10.2. The molecule has 0 aromatic carbocycles. The van der Waals surface area contributed by atoms with E-state index < -0.39 is 0 Å². The van der Waals surface area contributed by atoms with Crippen LogP contribution in [-0.2, 0) is 4.79 Å². The second-order valence-electron chi connectivity index (χ2n) is 3.88. The van der Waals surface area contributed by atoms with E-state index in [1.54, 1.807) is 19.1 Å². The summed E-state index contributed by atoms with van der Waals surface area (Å²) < 4.78 is 5.04. The standard InChI is InChI=1S/C12H18N4O2/c1-4-5-11(17)14-10-7-9(6-8(2)13)15-16-12(10)18-3/h6-7H,4-5,13H2,1-3H3,(H,14,15,17)/b8-6-. The van der Waals surface area contributed by atoms with Crippen LogP contribution in [0, 0.1) is 0 Å². The van der Waals surface area contributed by atoms with Crippen molar-refractivity contribution in [3.8, 4) is 5.88 Å². The molecule has 3 N–H and O–H groups in total. The van der Waals surface area contributed by atoms with Crippen LogP contribution in [0.15, 0.2) is 11.8 Å². The van der Waals surface area contributed by atoms with E-state index in [1.807, 2.05) is 6.92 Å². The van der Waals surface area contributed by atoms with Crippen molar-refractivity contribution in [3.63, 3.8) is 0 Å². The van der Waals surface area contributed by atoms with E-state index in [0.29, 0.717) is 23.5 Å². The molecule has 0 saturated carbocycles. The highest BCUT2D eigenvalue weighted by Crippen LogP contribution is 2.21. The average Bonchev–Trinajstić information content (AvgIpc) is 2.28. The van der Waals surface area contributed by atoms with E-state index in [1.165, 1.54) is 7.11 Å². The molecule has 0 aliphatic heterocycles. The Hall–Kier alpha value is -2.11. The Kier molecular flexibility index (Phi) is 5.10. The van der Waals surface area contributed by atoms with Gasteiger partial charge in [0.1, 0.15) is 5.69 Å². The molecule has 6 nitrogen and oxygen atoms in total. The van der Waals surface area contributed by atoms with Gasteiger partial charge in [0.15, 0.2) is 0 Å². The van der Waals surface area contributed by atoms with Crippen LogP contribution < -0.4 is 15.8 Å². The van der Waals surface area contributed by atoms with E-state index in [0.717, 1.165) is 6.42 Å². The van der Waals surface area contributed by atoms with Crippen molar-refractivity contribution in [1.29, 1.82) is 0 Å². The number of anilines is 1. The molecule has 0 aliphatic rings. The minimum Gasteiger partial charge on any atom is -0.478 e. The first-order valence-electron chi connectivity index (χ1n) is 5.72. The van der Waals surface area contributed by atoms with Gasteiger partial charge in [-0.1, -0.05) is 6.92 Å². The fraction of sp³-hybridized carbons (Fsp3) is 0.417. The van der Waals surface area contributed by atoms with Gasteiger partial charge in [0.25, 0.3) is 5.88 Å². The van der Waals surface area contributed by atoms with Crippen molar-refractivity contribution in [2.24, 2.45) is 5.73 Å². The van der Waals surface area contributed by atoms with Gasteiger partial charge in [-0.05, 0) is 25.5 Å². The molecule has 1 aromatic heterocycles. The summed E-state index contributed by atoms with van der Waals surface area (Å²) in [6.07, 6.45) is 2.90. The summed E-state index contributed by atoms with van der Waals surface area (Å²) in [5, 5.41) is 10.5. The highest BCUT2D eigenvalue weighted by Gasteiger charge is 2.09. The number of aromatic nitrogens is 2. The van der Waals surface area contributed by atoms with E-state index in [2.05, 4.69) is 15.5 Å². The average molecular weight is 250 g/mol. The van der Waals surface area contributed by atoms with E-state index in [-0.39, 0.29) is 11.8 Å². The van der Waals surface area contributed by atoms with Crippen molar-refractivity contribution in [3.05, 3.63) is 17.5 Å². The minimum absolute atomic E-state index is 0.0804. The summed E-state index contributed by atoms with van der Waals surface area (Å²) in [5.74, 6) is 0.203. The second-order valence-corrected chi connectivity index (χ2v) is 3.88. The number of nitrogens with one attached hydrogen (secondary N) is 1. The van der Waals surface area contributed by atoms with Crippen LogP contribution in [0.4, 0.5) is 5.69 Å². The Balaban J connectivity index is 2.99. The number of allylic oxidation sites excluding steroid dienone is 1. The number of ether oxygens (including phenoxy) is 1. The molecule has 1 aromatic rings. The third-order valence-electron chi connectivity index (χ3n) is 2.10. The predicted molar refractivity (Wildman–Crippen MR) is 70.0 cm³/mol. The number of nitrogens with two attached hydrogens (primary N) is 1. The number of carbonyl (C=O) groups is 1. The molecule has 0 saturated heterocycles. The van der Waals surface area contributed by atoms with Gasteiger partial charge in [0.2, 0.25) is 5.91 Å². The number of amides is 1. The van der Waals surface area contributed by atoms with Crippen LogP contribution in [0.5, 0.6) is 5.88 Å². The fourth-order valence-electron chi connectivity index (χ4n) is 1.38. The highest BCUT2D eigenvalue weighted by molar-refractivity contribution is 5.92. The van der Waals surface area contributed by atoms with Crippen molar-refractivity contribution in [1.82, 2.24) is 10.2 Å². The molecule has 1 amide bonds. The highest BCUT2D eigenvalue weighted by atomic mass is 16.5. The molecule has 6 heteroatoms. The van der Waals surface area contributed by atoms with Crippen molar-refractivity contribution >= 4 is 17.7 Å². The van der Waals surface area contributed by atoms with E-state index in [9.17, 15) is 4.79 Å². The zero-order chi connectivity index (χ0) is 13.5. The zero-order valence-electron chi connectivity index (χ0n) is 10.9. The van der Waals surface area contributed by atoms with Gasteiger partial charge in [-0.2, -0.15) is 0 Å². The van der Waals surface area contributed by atoms with E-state index >= 15 is 0 Å². The number of hydrogen-bond acceptors (Lipinski definition) is 5. The first-order chi connectivity index (χ1) is 8.56. The Morgan fingerprint density at radius 2 is 2.28 bits per heavy atom. The predicted octanol–water partition coefficient (Wildman–Crippen LogP) is 1.54. The van der Waals surface area contributed by atoms with Crippen molar-refractivity contribution < 1.29 is 9.53 Å². The Morgan fingerprint density at radius 1 is 1.56 bits per heavy atom. The number of methoxy groups -OCH3 is 1. The molecule has 0 aliphatic carbocycles. The molecule has 18 heavy (non-hydrogen) atoms. The summed E-state index contributed by atoms with van der Waals surface area (Å²) in [6.45, 7) is 3.69. The normalized spacial score (nSPS) is 11.2. The van der Waals surface area contributed by atoms with Crippen molar-refractivity contribution in [2.75, 3.05) is 12.4 Å². The van der Waals surface area contributed by atoms with Crippen LogP contribution in [0.1, 0.15) is 32.4 Å². The number of hydrogen-bond donors (Lipinski definition) is 2. The number of nitrogens with zero attached hydrogens (tertiary/aromatic N) is 2. The molecular formula is C12H18N4O2. The monoisotopic (exact) mass is 250 g/mol. The summed E-state index contributed by atoms with van der Waals surface area (Å²) in [7, 11) is 1.48. The largest absolute Gasteiger partial charge is 0.478 e. The molecule has 0 spiro atoms. The quantitative estimate of drug-likeness (QED) is 0.827. The third kappa shape index (κ3) is 4.04. The molecule has 1 heterocycles. The molecular weight excluding hydrogens is 232 g/mol. The maximum atomic E-state index is 11.6. The van der Waals surface area contributed by atoms with Gasteiger partial charge in [-0.15, -0.1) is 10.2 Å². The summed E-state index contributed by atoms with van der Waals surface area (Å²) in [6, 6.07) is 1.68. The molecule has 98 valence electrons. The lowest BCUT2D eigenvalue weighted by molar-refractivity contribution is -0.116. The van der Waals surface area contributed by atoms with Crippen LogP contribution in [0.25, 0.3) is 6.08 Å². The lowest BCUT2D eigenvalue weighted by Gasteiger charge is -2.08. The van der Waals surface area contributed by atoms with Crippen LogP contribution >= 0.6 is 0 Å². The van der Waals surface area contributed by atoms with Gasteiger partial charge in [0, 0.05) is 12.1 Å². The third-order valence-corrected chi connectivity index (χ3v) is 2.10. The first kappa shape index (κ1) is 14.0. The molecule has 1 rings (SSSR count). The van der Waals surface area contributed by atoms with Crippen LogP contribution in [0.3, 0.4) is 0 Å². The second kappa shape index (κ2) is 6.58. The van der Waals surface area contributed by atoms with Gasteiger partial charge in [-0.3, -0.25) is 4.79 Å².